The summed E-state index contributed by atoms with van der Waals surface area (Å²) in [7, 11) is 4.06. The number of nitrogens with zero attached hydrogens (tertiary/aromatic N) is 3. The van der Waals surface area contributed by atoms with Gasteiger partial charge in [0.2, 0.25) is 0 Å². The molecule has 2 rings (SSSR count). The van der Waals surface area contributed by atoms with Crippen LogP contribution in [0.3, 0.4) is 0 Å². The first-order valence-corrected chi connectivity index (χ1v) is 4.87. The van der Waals surface area contributed by atoms with E-state index in [0.717, 1.165) is 5.82 Å². The molecule has 0 saturated carbocycles. The van der Waals surface area contributed by atoms with E-state index in [9.17, 15) is 0 Å². The van der Waals surface area contributed by atoms with Crippen molar-refractivity contribution < 1.29 is 4.57 Å². The van der Waals surface area contributed by atoms with Crippen molar-refractivity contribution in [2.45, 2.75) is 0 Å². The normalized spacial score (nSPS) is 10.0. The van der Waals surface area contributed by atoms with E-state index in [4.69, 9.17) is 0 Å². The summed E-state index contributed by atoms with van der Waals surface area (Å²) in [5.41, 5.74) is 1.18. The minimum Gasteiger partial charge on any atom is -0.377 e. The van der Waals surface area contributed by atoms with E-state index in [1.807, 2.05) is 49.3 Å². The molecule has 0 spiro atoms. The van der Waals surface area contributed by atoms with Crippen LogP contribution >= 0.6 is 0 Å². The van der Waals surface area contributed by atoms with Crippen molar-refractivity contribution >= 4 is 5.69 Å². The number of rotatable bonds is 2. The van der Waals surface area contributed by atoms with E-state index >= 15 is 0 Å². The largest absolute Gasteiger partial charge is 0.377 e. The number of anilines is 1. The van der Waals surface area contributed by atoms with Crippen molar-refractivity contribution in [1.29, 1.82) is 0 Å². The van der Waals surface area contributed by atoms with Crippen LogP contribution in [0, 0.1) is 0 Å². The molecule has 0 aromatic carbocycles. The van der Waals surface area contributed by atoms with Crippen molar-refractivity contribution in [1.82, 2.24) is 4.98 Å². The molecule has 0 radical (unpaired) electrons. The van der Waals surface area contributed by atoms with Gasteiger partial charge in [-0.15, -0.1) is 0 Å². The molecule has 2 aromatic heterocycles. The molecule has 0 bridgehead atoms. The molecule has 0 N–H and O–H groups in total. The van der Waals surface area contributed by atoms with Gasteiger partial charge in [-0.05, 0) is 11.1 Å². The molecule has 2 aromatic rings. The summed E-state index contributed by atoms with van der Waals surface area (Å²) in [4.78, 5) is 6.35. The summed E-state index contributed by atoms with van der Waals surface area (Å²) in [6.07, 6.45) is 5.82. The standard InChI is InChI=1S/C12H14N3/c1-14(2)11-6-9-15(10-7-11)12-5-3-4-8-13-12/h3-10H,1-2H3/q+1. The molecule has 0 aliphatic carbocycles. The smallest absolute Gasteiger partial charge is 0.327 e. The van der Waals surface area contributed by atoms with Crippen molar-refractivity contribution in [3.05, 3.63) is 48.9 Å². The third-order valence-corrected chi connectivity index (χ3v) is 2.24. The van der Waals surface area contributed by atoms with Gasteiger partial charge in [0.15, 0.2) is 0 Å². The molecule has 0 saturated heterocycles. The van der Waals surface area contributed by atoms with Crippen LogP contribution in [-0.2, 0) is 0 Å². The highest BCUT2D eigenvalue weighted by Gasteiger charge is 2.04. The summed E-state index contributed by atoms with van der Waals surface area (Å²) >= 11 is 0. The highest BCUT2D eigenvalue weighted by atomic mass is 15.1. The van der Waals surface area contributed by atoms with E-state index in [2.05, 4.69) is 22.0 Å². The van der Waals surface area contributed by atoms with E-state index in [0.29, 0.717) is 0 Å². The summed E-state index contributed by atoms with van der Waals surface area (Å²) in [6.45, 7) is 0. The van der Waals surface area contributed by atoms with Crippen molar-refractivity contribution in [3.63, 3.8) is 0 Å². The van der Waals surface area contributed by atoms with Crippen molar-refractivity contribution in [3.8, 4) is 5.82 Å². The zero-order chi connectivity index (χ0) is 10.7. The average Bonchev–Trinajstić information content (AvgIpc) is 2.30. The highest BCUT2D eigenvalue weighted by Crippen LogP contribution is 2.06. The van der Waals surface area contributed by atoms with Gasteiger partial charge >= 0.3 is 5.82 Å². The van der Waals surface area contributed by atoms with E-state index in [-0.39, 0.29) is 0 Å². The van der Waals surface area contributed by atoms with Gasteiger partial charge in [0, 0.05) is 38.0 Å². The molecule has 0 amide bonds. The zero-order valence-corrected chi connectivity index (χ0v) is 8.96. The SMILES string of the molecule is CN(C)c1cc[n+](-c2ccccn2)cc1. The maximum atomic E-state index is 4.27. The Morgan fingerprint density at radius 1 is 1.07 bits per heavy atom. The Morgan fingerprint density at radius 2 is 1.80 bits per heavy atom. The Morgan fingerprint density at radius 3 is 2.33 bits per heavy atom. The number of hydrogen-bond acceptors (Lipinski definition) is 2. The molecule has 0 atom stereocenters. The van der Waals surface area contributed by atoms with E-state index in [1.165, 1.54) is 5.69 Å². The fourth-order valence-corrected chi connectivity index (χ4v) is 1.38. The first kappa shape index (κ1) is 9.65. The first-order valence-electron chi connectivity index (χ1n) is 4.87. The van der Waals surface area contributed by atoms with Crippen LogP contribution in [0.1, 0.15) is 0 Å². The molecule has 3 nitrogen and oxygen atoms in total. The lowest BCUT2D eigenvalue weighted by molar-refractivity contribution is -0.599. The first-order chi connectivity index (χ1) is 7.27. The maximum absolute atomic E-state index is 4.27. The van der Waals surface area contributed by atoms with Crippen LogP contribution in [0.2, 0.25) is 0 Å². The van der Waals surface area contributed by atoms with Crippen LogP contribution in [0.15, 0.2) is 48.9 Å². The molecule has 0 aliphatic heterocycles. The fourth-order valence-electron chi connectivity index (χ4n) is 1.38. The quantitative estimate of drug-likeness (QED) is 0.683. The number of aromatic nitrogens is 2. The predicted molar refractivity (Wildman–Crippen MR) is 60.1 cm³/mol. The van der Waals surface area contributed by atoms with Gasteiger partial charge in [0.1, 0.15) is 6.20 Å². The predicted octanol–water partition coefficient (Wildman–Crippen LogP) is 1.42. The van der Waals surface area contributed by atoms with Gasteiger partial charge in [-0.25, -0.2) is 4.57 Å². The van der Waals surface area contributed by atoms with Gasteiger partial charge in [0.05, 0.1) is 12.4 Å². The lowest BCUT2D eigenvalue weighted by Gasteiger charge is -2.10. The summed E-state index contributed by atoms with van der Waals surface area (Å²) in [5, 5.41) is 0. The molecule has 15 heavy (non-hydrogen) atoms. The lowest BCUT2D eigenvalue weighted by Crippen LogP contribution is -2.30. The summed E-state index contributed by atoms with van der Waals surface area (Å²) in [6, 6.07) is 10.0. The molecular weight excluding hydrogens is 186 g/mol. The Hall–Kier alpha value is -1.90. The second kappa shape index (κ2) is 4.09. The Balaban J connectivity index is 2.32. The summed E-state index contributed by atoms with van der Waals surface area (Å²) < 4.78 is 1.99. The van der Waals surface area contributed by atoms with E-state index in [1.54, 1.807) is 6.20 Å². The fraction of sp³-hybridized carbons (Fsp3) is 0.167. The molecule has 0 aliphatic rings. The third-order valence-electron chi connectivity index (χ3n) is 2.24. The molecular formula is C12H14N3+. The van der Waals surface area contributed by atoms with Gasteiger partial charge < -0.3 is 4.90 Å². The Kier molecular flexibility index (Phi) is 2.63. The second-order valence-corrected chi connectivity index (χ2v) is 3.55. The molecule has 0 unspecified atom stereocenters. The second-order valence-electron chi connectivity index (χ2n) is 3.55. The topological polar surface area (TPSA) is 20.0 Å². The minimum absolute atomic E-state index is 0.933. The monoisotopic (exact) mass is 200 g/mol. The molecule has 76 valence electrons. The minimum atomic E-state index is 0.933. The molecule has 2 heterocycles. The van der Waals surface area contributed by atoms with Crippen LogP contribution in [0.5, 0.6) is 0 Å². The summed E-state index contributed by atoms with van der Waals surface area (Å²) in [5.74, 6) is 0.933. The van der Waals surface area contributed by atoms with Crippen LogP contribution in [0.25, 0.3) is 5.82 Å². The van der Waals surface area contributed by atoms with Crippen molar-refractivity contribution in [2.75, 3.05) is 19.0 Å². The molecule has 3 heteroatoms. The van der Waals surface area contributed by atoms with E-state index < -0.39 is 0 Å². The van der Waals surface area contributed by atoms with Gasteiger partial charge in [-0.3, -0.25) is 0 Å². The lowest BCUT2D eigenvalue weighted by atomic mass is 10.3. The van der Waals surface area contributed by atoms with Crippen molar-refractivity contribution in [2.24, 2.45) is 0 Å². The highest BCUT2D eigenvalue weighted by molar-refractivity contribution is 5.41. The Bertz CT molecular complexity index is 420. The number of pyridine rings is 2. The molecule has 0 fully saturated rings. The van der Waals surface area contributed by atoms with Gasteiger partial charge in [0.25, 0.3) is 0 Å². The number of hydrogen-bond donors (Lipinski definition) is 0. The maximum Gasteiger partial charge on any atom is 0.327 e. The van der Waals surface area contributed by atoms with Crippen LogP contribution in [-0.4, -0.2) is 19.1 Å². The average molecular weight is 200 g/mol. The van der Waals surface area contributed by atoms with Gasteiger partial charge in [-0.1, -0.05) is 6.07 Å². The van der Waals surface area contributed by atoms with Crippen LogP contribution in [0.4, 0.5) is 5.69 Å². The zero-order valence-electron chi connectivity index (χ0n) is 8.96. The van der Waals surface area contributed by atoms with Crippen LogP contribution < -0.4 is 9.47 Å². The van der Waals surface area contributed by atoms with Gasteiger partial charge in [-0.2, -0.15) is 0 Å². The Labute approximate surface area is 89.6 Å². The third kappa shape index (κ3) is 2.13.